The van der Waals surface area contributed by atoms with Gasteiger partial charge in [-0.05, 0) is 0 Å². The van der Waals surface area contributed by atoms with Gasteiger partial charge in [-0.2, -0.15) is 0 Å². The second-order valence-electron chi connectivity index (χ2n) is 2.04. The molecule has 0 aromatic rings. The Bertz CT molecular complexity index is 86.9. The van der Waals surface area contributed by atoms with Gasteiger partial charge < -0.3 is 10.1 Å². The summed E-state index contributed by atoms with van der Waals surface area (Å²) in [6, 6.07) is 0. The summed E-state index contributed by atoms with van der Waals surface area (Å²) in [7, 11) is 0. The highest BCUT2D eigenvalue weighted by atomic mass is 16.5. The molecule has 1 aliphatic heterocycles. The van der Waals surface area contributed by atoms with Crippen LogP contribution in [0, 0.1) is 6.42 Å². The van der Waals surface area contributed by atoms with Crippen molar-refractivity contribution in [2.24, 2.45) is 0 Å². The van der Waals surface area contributed by atoms with Crippen molar-refractivity contribution >= 4 is 0 Å². The summed E-state index contributed by atoms with van der Waals surface area (Å²) in [5, 5.41) is 3.22. The molecule has 1 unspecified atom stereocenters. The van der Waals surface area contributed by atoms with Gasteiger partial charge in [0.25, 0.3) is 0 Å². The summed E-state index contributed by atoms with van der Waals surface area (Å²) < 4.78 is 5.33. The van der Waals surface area contributed by atoms with Crippen LogP contribution in [0.1, 0.15) is 0 Å². The van der Waals surface area contributed by atoms with Crippen molar-refractivity contribution in [1.82, 2.24) is 5.32 Å². The smallest absolute Gasteiger partial charge is 0.0769 e. The lowest BCUT2D eigenvalue weighted by atomic mass is 10.2. The molecule has 1 fully saturated rings. The van der Waals surface area contributed by atoms with Gasteiger partial charge in [-0.25, -0.2) is 0 Å². The largest absolute Gasteiger partial charge is 0.375 e. The fraction of sp³-hybridized carbons (Fsp3) is 0.571. The van der Waals surface area contributed by atoms with E-state index in [-0.39, 0.29) is 6.10 Å². The van der Waals surface area contributed by atoms with E-state index in [1.807, 2.05) is 6.42 Å². The van der Waals surface area contributed by atoms with Crippen LogP contribution in [-0.2, 0) is 4.74 Å². The zero-order valence-corrected chi connectivity index (χ0v) is 5.47. The average Bonchev–Trinajstić information content (AvgIpc) is 1.91. The summed E-state index contributed by atoms with van der Waals surface area (Å²) in [6.45, 7) is 6.30. The molecule has 0 amide bonds. The minimum Gasteiger partial charge on any atom is -0.375 e. The predicted octanol–water partition coefficient (Wildman–Crippen LogP) is 0.365. The van der Waals surface area contributed by atoms with Crippen LogP contribution in [0.4, 0.5) is 0 Å². The first-order valence-electron chi connectivity index (χ1n) is 3.21. The van der Waals surface area contributed by atoms with E-state index < -0.39 is 0 Å². The van der Waals surface area contributed by atoms with Gasteiger partial charge in [-0.15, -0.1) is 6.58 Å². The molecule has 0 aromatic carbocycles. The molecule has 9 heavy (non-hydrogen) atoms. The molecule has 0 aliphatic carbocycles. The Morgan fingerprint density at radius 1 is 1.67 bits per heavy atom. The van der Waals surface area contributed by atoms with Gasteiger partial charge in [-0.3, -0.25) is 0 Å². The SMILES string of the molecule is C=C[CH]C1CNCCO1. The molecule has 2 heteroatoms. The molecule has 1 aliphatic rings. The van der Waals surface area contributed by atoms with Crippen LogP contribution < -0.4 is 5.32 Å². The third kappa shape index (κ3) is 2.16. The highest BCUT2D eigenvalue weighted by Gasteiger charge is 2.10. The van der Waals surface area contributed by atoms with E-state index in [2.05, 4.69) is 11.9 Å². The maximum absolute atomic E-state index is 5.33. The minimum atomic E-state index is 0.247. The molecule has 0 bridgehead atoms. The highest BCUT2D eigenvalue weighted by molar-refractivity contribution is 4.95. The topological polar surface area (TPSA) is 21.3 Å². The van der Waals surface area contributed by atoms with Crippen molar-refractivity contribution in [3.63, 3.8) is 0 Å². The number of hydrogen-bond donors (Lipinski definition) is 1. The molecule has 1 rings (SSSR count). The summed E-state index contributed by atoms with van der Waals surface area (Å²) >= 11 is 0. The molecule has 2 nitrogen and oxygen atoms in total. The van der Waals surface area contributed by atoms with Crippen molar-refractivity contribution < 1.29 is 4.74 Å². The van der Waals surface area contributed by atoms with Crippen LogP contribution in [0.25, 0.3) is 0 Å². The molecule has 1 N–H and O–H groups in total. The molecule has 0 saturated carbocycles. The van der Waals surface area contributed by atoms with Crippen LogP contribution in [-0.4, -0.2) is 25.8 Å². The van der Waals surface area contributed by atoms with Crippen LogP contribution in [0.15, 0.2) is 12.7 Å². The van der Waals surface area contributed by atoms with Gasteiger partial charge >= 0.3 is 0 Å². The Hall–Kier alpha value is -0.340. The van der Waals surface area contributed by atoms with E-state index in [9.17, 15) is 0 Å². The second kappa shape index (κ2) is 3.64. The van der Waals surface area contributed by atoms with Crippen LogP contribution in [0.3, 0.4) is 0 Å². The highest BCUT2D eigenvalue weighted by Crippen LogP contribution is 1.99. The quantitative estimate of drug-likeness (QED) is 0.577. The van der Waals surface area contributed by atoms with Crippen LogP contribution in [0.2, 0.25) is 0 Å². The number of morpholine rings is 1. The van der Waals surface area contributed by atoms with Crippen molar-refractivity contribution in [3.8, 4) is 0 Å². The third-order valence-corrected chi connectivity index (χ3v) is 1.31. The van der Waals surface area contributed by atoms with Crippen molar-refractivity contribution in [3.05, 3.63) is 19.1 Å². The van der Waals surface area contributed by atoms with Gasteiger partial charge in [0.2, 0.25) is 0 Å². The molecular formula is C7H12NO. The predicted molar refractivity (Wildman–Crippen MR) is 37.1 cm³/mol. The number of ether oxygens (including phenoxy) is 1. The summed E-state index contributed by atoms with van der Waals surface area (Å²) in [6.07, 6.45) is 3.99. The average molecular weight is 126 g/mol. The number of hydrogen-bond acceptors (Lipinski definition) is 2. The normalized spacial score (nSPS) is 27.8. The second-order valence-corrected chi connectivity index (χ2v) is 2.04. The number of rotatable bonds is 2. The standard InChI is InChI=1S/C7H12NO/c1-2-3-7-6-8-4-5-9-7/h2-3,7-8H,1,4-6H2. The van der Waals surface area contributed by atoms with Gasteiger partial charge in [0.15, 0.2) is 0 Å². The summed E-state index contributed by atoms with van der Waals surface area (Å²) in [5.74, 6) is 0. The Balaban J connectivity index is 2.15. The van der Waals surface area contributed by atoms with E-state index in [1.54, 1.807) is 6.08 Å². The lowest BCUT2D eigenvalue weighted by Gasteiger charge is -2.21. The van der Waals surface area contributed by atoms with Crippen molar-refractivity contribution in [2.45, 2.75) is 6.10 Å². The molecule has 51 valence electrons. The molecule has 0 spiro atoms. The maximum Gasteiger partial charge on any atom is 0.0769 e. The molecule has 1 atom stereocenters. The zero-order chi connectivity index (χ0) is 6.53. The van der Waals surface area contributed by atoms with Crippen molar-refractivity contribution in [1.29, 1.82) is 0 Å². The lowest BCUT2D eigenvalue weighted by Crippen LogP contribution is -2.38. The summed E-state index contributed by atoms with van der Waals surface area (Å²) in [4.78, 5) is 0. The Morgan fingerprint density at radius 3 is 3.11 bits per heavy atom. The van der Waals surface area contributed by atoms with E-state index in [0.29, 0.717) is 0 Å². The zero-order valence-electron chi connectivity index (χ0n) is 5.47. The van der Waals surface area contributed by atoms with E-state index in [1.165, 1.54) is 0 Å². The Morgan fingerprint density at radius 2 is 2.56 bits per heavy atom. The molecular weight excluding hydrogens is 114 g/mol. The first-order valence-corrected chi connectivity index (χ1v) is 3.21. The maximum atomic E-state index is 5.33. The Kier molecular flexibility index (Phi) is 2.74. The van der Waals surface area contributed by atoms with Gasteiger partial charge in [0, 0.05) is 19.5 Å². The monoisotopic (exact) mass is 126 g/mol. The fourth-order valence-electron chi connectivity index (χ4n) is 0.861. The first kappa shape index (κ1) is 6.78. The van der Waals surface area contributed by atoms with E-state index in [0.717, 1.165) is 19.7 Å². The van der Waals surface area contributed by atoms with Crippen LogP contribution in [0.5, 0.6) is 0 Å². The van der Waals surface area contributed by atoms with Gasteiger partial charge in [0.1, 0.15) is 0 Å². The molecule has 1 radical (unpaired) electrons. The first-order chi connectivity index (χ1) is 4.43. The Labute approximate surface area is 55.9 Å². The van der Waals surface area contributed by atoms with E-state index in [4.69, 9.17) is 4.74 Å². The minimum absolute atomic E-state index is 0.247. The van der Waals surface area contributed by atoms with E-state index >= 15 is 0 Å². The van der Waals surface area contributed by atoms with Crippen LogP contribution >= 0.6 is 0 Å². The number of nitrogens with one attached hydrogen (secondary N) is 1. The summed E-state index contributed by atoms with van der Waals surface area (Å²) in [5.41, 5.74) is 0. The fourth-order valence-corrected chi connectivity index (χ4v) is 0.861. The molecule has 0 aromatic heterocycles. The third-order valence-electron chi connectivity index (χ3n) is 1.31. The van der Waals surface area contributed by atoms with Gasteiger partial charge in [-0.1, -0.05) is 6.08 Å². The van der Waals surface area contributed by atoms with Crippen molar-refractivity contribution in [2.75, 3.05) is 19.7 Å². The lowest BCUT2D eigenvalue weighted by molar-refractivity contribution is 0.0518. The molecule has 1 heterocycles. The molecule has 1 saturated heterocycles. The van der Waals surface area contributed by atoms with Gasteiger partial charge in [0.05, 0.1) is 12.7 Å².